The zero-order valence-electron chi connectivity index (χ0n) is 14.7. The fourth-order valence-corrected chi connectivity index (χ4v) is 2.93. The SMILES string of the molecule is CC(C)n1cc(CCCO)c2cc(C(C)(C)C)cc(C(=O)O)c21. The van der Waals surface area contributed by atoms with Crippen LogP contribution in [0, 0.1) is 0 Å². The van der Waals surface area contributed by atoms with Crippen LogP contribution in [-0.4, -0.2) is 27.4 Å². The fraction of sp³-hybridized carbons (Fsp3) is 0.526. The number of aliphatic hydroxyl groups excluding tert-OH is 1. The number of aromatic nitrogens is 1. The highest BCUT2D eigenvalue weighted by molar-refractivity contribution is 6.04. The standard InChI is InChI=1S/C19H27NO3/c1-12(2)20-11-13(7-6-8-21)15-9-14(19(3,4)5)10-16(17(15)20)18(22)23/h9-12,21H,6-8H2,1-5H3,(H,22,23). The first-order valence-corrected chi connectivity index (χ1v) is 8.19. The minimum absolute atomic E-state index is 0.118. The summed E-state index contributed by atoms with van der Waals surface area (Å²) >= 11 is 0. The molecular weight excluding hydrogens is 290 g/mol. The van der Waals surface area contributed by atoms with Crippen molar-refractivity contribution in [3.63, 3.8) is 0 Å². The van der Waals surface area contributed by atoms with Crippen molar-refractivity contribution >= 4 is 16.9 Å². The van der Waals surface area contributed by atoms with Gasteiger partial charge in [0.05, 0.1) is 11.1 Å². The molecule has 0 fully saturated rings. The van der Waals surface area contributed by atoms with E-state index in [1.54, 1.807) is 6.07 Å². The Hall–Kier alpha value is -1.81. The predicted octanol–water partition coefficient (Wildman–Crippen LogP) is 4.14. The number of carbonyl (C=O) groups is 1. The maximum Gasteiger partial charge on any atom is 0.337 e. The number of aromatic carboxylic acids is 1. The number of aliphatic hydroxyl groups is 1. The molecule has 1 heterocycles. The number of benzene rings is 1. The van der Waals surface area contributed by atoms with E-state index in [0.717, 1.165) is 28.5 Å². The van der Waals surface area contributed by atoms with Gasteiger partial charge in [-0.25, -0.2) is 4.79 Å². The van der Waals surface area contributed by atoms with E-state index < -0.39 is 5.97 Å². The monoisotopic (exact) mass is 317 g/mol. The van der Waals surface area contributed by atoms with Crippen LogP contribution in [0.5, 0.6) is 0 Å². The minimum atomic E-state index is -0.894. The summed E-state index contributed by atoms with van der Waals surface area (Å²) < 4.78 is 2.04. The van der Waals surface area contributed by atoms with Gasteiger partial charge in [-0.15, -0.1) is 0 Å². The molecule has 2 rings (SSSR count). The first-order valence-electron chi connectivity index (χ1n) is 8.19. The molecule has 1 aromatic heterocycles. The summed E-state index contributed by atoms with van der Waals surface area (Å²) in [4.78, 5) is 11.8. The van der Waals surface area contributed by atoms with Crippen molar-refractivity contribution in [2.45, 2.75) is 58.9 Å². The molecule has 126 valence electrons. The zero-order chi connectivity index (χ0) is 17.4. The molecule has 0 aliphatic heterocycles. The normalized spacial score (nSPS) is 12.3. The van der Waals surface area contributed by atoms with E-state index in [1.165, 1.54) is 0 Å². The van der Waals surface area contributed by atoms with E-state index in [2.05, 4.69) is 40.7 Å². The van der Waals surface area contributed by atoms with Crippen molar-refractivity contribution in [3.8, 4) is 0 Å². The van der Waals surface area contributed by atoms with Gasteiger partial charge >= 0.3 is 5.97 Å². The molecule has 2 aromatic rings. The van der Waals surface area contributed by atoms with Crippen LogP contribution in [-0.2, 0) is 11.8 Å². The Morgan fingerprint density at radius 1 is 1.26 bits per heavy atom. The Morgan fingerprint density at radius 2 is 1.91 bits per heavy atom. The largest absolute Gasteiger partial charge is 0.478 e. The number of hydrogen-bond donors (Lipinski definition) is 2. The summed E-state index contributed by atoms with van der Waals surface area (Å²) in [5.41, 5.74) is 3.15. The minimum Gasteiger partial charge on any atom is -0.478 e. The van der Waals surface area contributed by atoms with E-state index in [9.17, 15) is 9.90 Å². The van der Waals surface area contributed by atoms with Gasteiger partial charge < -0.3 is 14.8 Å². The van der Waals surface area contributed by atoms with Gasteiger partial charge in [-0.3, -0.25) is 0 Å². The summed E-state index contributed by atoms with van der Waals surface area (Å²) in [5, 5.41) is 19.8. The van der Waals surface area contributed by atoms with Crippen molar-refractivity contribution in [3.05, 3.63) is 35.0 Å². The van der Waals surface area contributed by atoms with Crippen molar-refractivity contribution in [2.24, 2.45) is 0 Å². The average Bonchev–Trinajstić information content (AvgIpc) is 2.82. The zero-order valence-corrected chi connectivity index (χ0v) is 14.7. The molecule has 4 heteroatoms. The Bertz CT molecular complexity index is 720. The molecule has 0 spiro atoms. The van der Waals surface area contributed by atoms with Gasteiger partial charge in [-0.2, -0.15) is 0 Å². The van der Waals surface area contributed by atoms with Crippen LogP contribution < -0.4 is 0 Å². The highest BCUT2D eigenvalue weighted by atomic mass is 16.4. The molecule has 4 nitrogen and oxygen atoms in total. The third kappa shape index (κ3) is 3.42. The highest BCUT2D eigenvalue weighted by Crippen LogP contribution is 2.34. The molecule has 0 unspecified atom stereocenters. The molecule has 1 aromatic carbocycles. The van der Waals surface area contributed by atoms with Crippen molar-refractivity contribution in [2.75, 3.05) is 6.61 Å². The number of carboxylic acids is 1. The summed E-state index contributed by atoms with van der Waals surface area (Å²) in [6.45, 7) is 10.5. The molecule has 0 atom stereocenters. The van der Waals surface area contributed by atoms with Gasteiger partial charge in [-0.05, 0) is 55.4 Å². The Morgan fingerprint density at radius 3 is 2.39 bits per heavy atom. The molecule has 23 heavy (non-hydrogen) atoms. The molecule has 0 amide bonds. The number of hydrogen-bond acceptors (Lipinski definition) is 2. The lowest BCUT2D eigenvalue weighted by atomic mass is 9.84. The fourth-order valence-electron chi connectivity index (χ4n) is 2.93. The maximum absolute atomic E-state index is 11.8. The van der Waals surface area contributed by atoms with Gasteiger partial charge in [0, 0.05) is 24.2 Å². The lowest BCUT2D eigenvalue weighted by Crippen LogP contribution is -2.13. The number of aryl methyl sites for hydroxylation is 1. The van der Waals surface area contributed by atoms with E-state index in [-0.39, 0.29) is 18.1 Å². The number of nitrogens with zero attached hydrogens (tertiary/aromatic N) is 1. The first-order chi connectivity index (χ1) is 10.7. The molecule has 0 saturated carbocycles. The smallest absolute Gasteiger partial charge is 0.337 e. The second kappa shape index (κ2) is 6.36. The van der Waals surface area contributed by atoms with Crippen LogP contribution in [0.2, 0.25) is 0 Å². The quantitative estimate of drug-likeness (QED) is 0.871. The summed E-state index contributed by atoms with van der Waals surface area (Å²) in [7, 11) is 0. The second-order valence-electron chi connectivity index (χ2n) is 7.46. The van der Waals surface area contributed by atoms with Crippen molar-refractivity contribution in [1.29, 1.82) is 0 Å². The Labute approximate surface area is 137 Å². The summed E-state index contributed by atoms with van der Waals surface area (Å²) in [6, 6.07) is 4.10. The maximum atomic E-state index is 11.8. The van der Waals surface area contributed by atoms with E-state index in [1.807, 2.05) is 10.8 Å². The molecule has 0 radical (unpaired) electrons. The van der Waals surface area contributed by atoms with Crippen LogP contribution in [0.3, 0.4) is 0 Å². The molecular formula is C19H27NO3. The summed E-state index contributed by atoms with van der Waals surface area (Å²) in [6.07, 6.45) is 3.47. The lowest BCUT2D eigenvalue weighted by molar-refractivity contribution is 0.0698. The van der Waals surface area contributed by atoms with Gasteiger partial charge in [0.15, 0.2) is 0 Å². The number of fused-ring (bicyclic) bond motifs is 1. The first kappa shape index (κ1) is 17.5. The number of rotatable bonds is 5. The predicted molar refractivity (Wildman–Crippen MR) is 93.4 cm³/mol. The molecule has 0 saturated heterocycles. The topological polar surface area (TPSA) is 62.5 Å². The highest BCUT2D eigenvalue weighted by Gasteiger charge is 2.23. The lowest BCUT2D eigenvalue weighted by Gasteiger charge is -2.21. The third-order valence-electron chi connectivity index (χ3n) is 4.27. The molecule has 0 bridgehead atoms. The Kier molecular flexibility index (Phi) is 4.85. The third-order valence-corrected chi connectivity index (χ3v) is 4.27. The molecule has 0 aliphatic rings. The van der Waals surface area contributed by atoms with E-state index >= 15 is 0 Å². The van der Waals surface area contributed by atoms with Crippen LogP contribution in [0.4, 0.5) is 0 Å². The van der Waals surface area contributed by atoms with Crippen LogP contribution in [0.15, 0.2) is 18.3 Å². The second-order valence-corrected chi connectivity index (χ2v) is 7.46. The van der Waals surface area contributed by atoms with Crippen LogP contribution in [0.1, 0.15) is 68.6 Å². The average molecular weight is 317 g/mol. The van der Waals surface area contributed by atoms with Crippen LogP contribution in [0.25, 0.3) is 10.9 Å². The van der Waals surface area contributed by atoms with Crippen LogP contribution >= 0.6 is 0 Å². The summed E-state index contributed by atoms with van der Waals surface area (Å²) in [5.74, 6) is -0.894. The van der Waals surface area contributed by atoms with Crippen molar-refractivity contribution < 1.29 is 15.0 Å². The van der Waals surface area contributed by atoms with E-state index in [4.69, 9.17) is 5.11 Å². The van der Waals surface area contributed by atoms with Gasteiger partial charge in [0.25, 0.3) is 0 Å². The molecule has 0 aliphatic carbocycles. The van der Waals surface area contributed by atoms with Crippen molar-refractivity contribution in [1.82, 2.24) is 4.57 Å². The van der Waals surface area contributed by atoms with Gasteiger partial charge in [0.1, 0.15) is 0 Å². The van der Waals surface area contributed by atoms with Gasteiger partial charge in [0.2, 0.25) is 0 Å². The van der Waals surface area contributed by atoms with E-state index in [0.29, 0.717) is 12.0 Å². The van der Waals surface area contributed by atoms with Gasteiger partial charge in [-0.1, -0.05) is 20.8 Å². The molecule has 2 N–H and O–H groups in total. The Balaban J connectivity index is 2.83. The number of carboxylic acid groups (broad SMARTS) is 1.